The molecule has 0 saturated carbocycles. The van der Waals surface area contributed by atoms with Crippen molar-refractivity contribution in [3.05, 3.63) is 41.7 Å². The van der Waals surface area contributed by atoms with Crippen LogP contribution in [0.25, 0.3) is 5.57 Å². The molecule has 0 fully saturated rings. The number of hydrogen-bond acceptors (Lipinski definition) is 2. The molecule has 1 unspecified atom stereocenters. The molecular weight excluding hydrogens is 190 g/mol. The van der Waals surface area contributed by atoms with Gasteiger partial charge in [-0.15, -0.1) is 0 Å². The number of hydrogen-bond donors (Lipinski definition) is 1. The maximum atomic E-state index is 11.8. The standard InChI is InChI=1S/C12H11NO2/c14-12-9-4-2-1-3-8(9)10-7-15-6-5-11(10)13-12/h1-4,7,11H,5-6H2,(H,13,14). The molecule has 3 heteroatoms. The zero-order valence-corrected chi connectivity index (χ0v) is 8.19. The van der Waals surface area contributed by atoms with Crippen molar-refractivity contribution in [2.75, 3.05) is 6.61 Å². The summed E-state index contributed by atoms with van der Waals surface area (Å²) in [6.07, 6.45) is 2.62. The third kappa shape index (κ3) is 1.23. The van der Waals surface area contributed by atoms with E-state index < -0.39 is 0 Å². The molecule has 0 radical (unpaired) electrons. The third-order valence-electron chi connectivity index (χ3n) is 2.90. The minimum absolute atomic E-state index is 0.0228. The lowest BCUT2D eigenvalue weighted by Gasteiger charge is -2.30. The molecule has 0 aromatic heterocycles. The van der Waals surface area contributed by atoms with Crippen LogP contribution >= 0.6 is 0 Å². The summed E-state index contributed by atoms with van der Waals surface area (Å²) >= 11 is 0. The zero-order chi connectivity index (χ0) is 10.3. The van der Waals surface area contributed by atoms with E-state index >= 15 is 0 Å². The van der Waals surface area contributed by atoms with E-state index in [9.17, 15) is 4.79 Å². The smallest absolute Gasteiger partial charge is 0.252 e. The lowest BCUT2D eigenvalue weighted by atomic mass is 9.88. The number of nitrogens with one attached hydrogen (secondary N) is 1. The number of ether oxygens (including phenoxy) is 1. The van der Waals surface area contributed by atoms with Crippen LogP contribution in [0.5, 0.6) is 0 Å². The van der Waals surface area contributed by atoms with Crippen molar-refractivity contribution >= 4 is 11.5 Å². The summed E-state index contributed by atoms with van der Waals surface area (Å²) < 4.78 is 5.32. The molecule has 0 saturated heterocycles. The van der Waals surface area contributed by atoms with Gasteiger partial charge in [-0.25, -0.2) is 0 Å². The first-order valence-electron chi connectivity index (χ1n) is 5.08. The second-order valence-electron chi connectivity index (χ2n) is 3.80. The number of fused-ring (bicyclic) bond motifs is 3. The van der Waals surface area contributed by atoms with Gasteiger partial charge >= 0.3 is 0 Å². The molecule has 2 heterocycles. The van der Waals surface area contributed by atoms with Gasteiger partial charge in [-0.05, 0) is 11.6 Å². The van der Waals surface area contributed by atoms with E-state index in [1.54, 1.807) is 6.26 Å². The van der Waals surface area contributed by atoms with Gasteiger partial charge in [0.2, 0.25) is 0 Å². The van der Waals surface area contributed by atoms with Gasteiger partial charge in [0.25, 0.3) is 5.91 Å². The molecule has 1 aromatic carbocycles. The van der Waals surface area contributed by atoms with Gasteiger partial charge in [0.05, 0.1) is 18.9 Å². The van der Waals surface area contributed by atoms with Gasteiger partial charge in [-0.1, -0.05) is 18.2 Å². The summed E-state index contributed by atoms with van der Waals surface area (Å²) in [4.78, 5) is 11.8. The fourth-order valence-electron chi connectivity index (χ4n) is 2.14. The highest BCUT2D eigenvalue weighted by molar-refractivity contribution is 6.03. The van der Waals surface area contributed by atoms with Gasteiger partial charge in [0.1, 0.15) is 0 Å². The maximum absolute atomic E-state index is 11.8. The van der Waals surface area contributed by atoms with Crippen molar-refractivity contribution in [2.45, 2.75) is 12.5 Å². The van der Waals surface area contributed by atoms with Crippen LogP contribution < -0.4 is 5.32 Å². The van der Waals surface area contributed by atoms with E-state index in [0.29, 0.717) is 6.61 Å². The van der Waals surface area contributed by atoms with E-state index in [4.69, 9.17) is 4.74 Å². The van der Waals surface area contributed by atoms with Crippen molar-refractivity contribution in [3.63, 3.8) is 0 Å². The summed E-state index contributed by atoms with van der Waals surface area (Å²) in [6.45, 7) is 0.677. The predicted octanol–water partition coefficient (Wildman–Crippen LogP) is 1.56. The SMILES string of the molecule is O=C1NC2CCOC=C2c2ccccc21. The Balaban J connectivity index is 2.18. The fraction of sp³-hybridized carbons (Fsp3) is 0.250. The summed E-state index contributed by atoms with van der Waals surface area (Å²) in [5.41, 5.74) is 2.84. The Labute approximate surface area is 87.7 Å². The number of rotatable bonds is 0. The van der Waals surface area contributed by atoms with Gasteiger partial charge in [0.15, 0.2) is 0 Å². The molecule has 3 rings (SSSR count). The van der Waals surface area contributed by atoms with Crippen molar-refractivity contribution in [1.82, 2.24) is 5.32 Å². The Kier molecular flexibility index (Phi) is 1.78. The van der Waals surface area contributed by atoms with Crippen molar-refractivity contribution < 1.29 is 9.53 Å². The van der Waals surface area contributed by atoms with Crippen LogP contribution in [0.4, 0.5) is 0 Å². The Morgan fingerprint density at radius 1 is 1.27 bits per heavy atom. The lowest BCUT2D eigenvalue weighted by molar-refractivity contribution is 0.0928. The van der Waals surface area contributed by atoms with Gasteiger partial charge in [0, 0.05) is 17.6 Å². The van der Waals surface area contributed by atoms with Crippen molar-refractivity contribution in [3.8, 4) is 0 Å². The third-order valence-corrected chi connectivity index (χ3v) is 2.90. The van der Waals surface area contributed by atoms with Crippen LogP contribution in [-0.4, -0.2) is 18.6 Å². The molecule has 3 nitrogen and oxygen atoms in total. The summed E-state index contributed by atoms with van der Waals surface area (Å²) in [6, 6.07) is 7.77. The van der Waals surface area contributed by atoms with E-state index in [2.05, 4.69) is 5.32 Å². The van der Waals surface area contributed by atoms with Crippen LogP contribution in [0, 0.1) is 0 Å². The largest absolute Gasteiger partial charge is 0.501 e. The molecule has 2 aliphatic heterocycles. The Morgan fingerprint density at radius 2 is 2.07 bits per heavy atom. The molecule has 1 N–H and O–H groups in total. The highest BCUT2D eigenvalue weighted by Gasteiger charge is 2.30. The summed E-state index contributed by atoms with van der Waals surface area (Å²) in [5, 5.41) is 2.99. The van der Waals surface area contributed by atoms with Crippen molar-refractivity contribution in [1.29, 1.82) is 0 Å². The molecule has 1 atom stereocenters. The predicted molar refractivity (Wildman–Crippen MR) is 56.2 cm³/mol. The average Bonchev–Trinajstić information content (AvgIpc) is 2.30. The van der Waals surface area contributed by atoms with Crippen LogP contribution in [0.1, 0.15) is 22.3 Å². The monoisotopic (exact) mass is 201 g/mol. The Hall–Kier alpha value is -1.77. The number of carbonyl (C=O) groups is 1. The zero-order valence-electron chi connectivity index (χ0n) is 8.19. The first-order chi connectivity index (χ1) is 7.36. The van der Waals surface area contributed by atoms with E-state index in [0.717, 1.165) is 23.1 Å². The number of carbonyl (C=O) groups excluding carboxylic acids is 1. The Morgan fingerprint density at radius 3 is 2.93 bits per heavy atom. The number of benzene rings is 1. The molecule has 0 aliphatic carbocycles. The normalized spacial score (nSPS) is 23.1. The highest BCUT2D eigenvalue weighted by atomic mass is 16.5. The molecule has 1 aromatic rings. The van der Waals surface area contributed by atoms with Crippen LogP contribution in [0.15, 0.2) is 30.5 Å². The van der Waals surface area contributed by atoms with Crippen LogP contribution in [-0.2, 0) is 4.74 Å². The first-order valence-corrected chi connectivity index (χ1v) is 5.08. The molecule has 0 spiro atoms. The van der Waals surface area contributed by atoms with Gasteiger partial charge in [-0.2, -0.15) is 0 Å². The van der Waals surface area contributed by atoms with E-state index in [-0.39, 0.29) is 11.9 Å². The molecule has 1 amide bonds. The minimum Gasteiger partial charge on any atom is -0.501 e. The summed E-state index contributed by atoms with van der Waals surface area (Å²) in [5.74, 6) is 0.0228. The highest BCUT2D eigenvalue weighted by Crippen LogP contribution is 2.30. The molecule has 76 valence electrons. The lowest BCUT2D eigenvalue weighted by Crippen LogP contribution is -2.42. The Bertz CT molecular complexity index is 451. The van der Waals surface area contributed by atoms with Crippen LogP contribution in [0.2, 0.25) is 0 Å². The number of amides is 1. The fourth-order valence-corrected chi connectivity index (χ4v) is 2.14. The van der Waals surface area contributed by atoms with E-state index in [1.165, 1.54) is 0 Å². The minimum atomic E-state index is 0.0228. The van der Waals surface area contributed by atoms with Gasteiger partial charge < -0.3 is 10.1 Å². The first kappa shape index (κ1) is 8.53. The molecule has 2 aliphatic rings. The van der Waals surface area contributed by atoms with Crippen molar-refractivity contribution in [2.24, 2.45) is 0 Å². The van der Waals surface area contributed by atoms with Gasteiger partial charge in [-0.3, -0.25) is 4.79 Å². The quantitative estimate of drug-likeness (QED) is 0.691. The maximum Gasteiger partial charge on any atom is 0.252 e. The summed E-state index contributed by atoms with van der Waals surface area (Å²) in [7, 11) is 0. The molecule has 15 heavy (non-hydrogen) atoms. The second-order valence-corrected chi connectivity index (χ2v) is 3.80. The van der Waals surface area contributed by atoms with E-state index in [1.807, 2.05) is 24.3 Å². The molecular formula is C12H11NO2. The molecule has 0 bridgehead atoms. The van der Waals surface area contributed by atoms with Crippen LogP contribution in [0.3, 0.4) is 0 Å². The average molecular weight is 201 g/mol. The topological polar surface area (TPSA) is 38.3 Å². The second kappa shape index (κ2) is 3.12.